The highest BCUT2D eigenvalue weighted by atomic mass is 19.1. The first-order valence-electron chi connectivity index (χ1n) is 12.1. The molecule has 1 N–H and O–H groups in total. The van der Waals surface area contributed by atoms with Crippen molar-refractivity contribution >= 4 is 5.69 Å². The molecule has 1 atom stereocenters. The third kappa shape index (κ3) is 4.75. The smallest absolute Gasteiger partial charge is 0.260 e. The Bertz CT molecular complexity index is 1380. The molecule has 36 heavy (non-hydrogen) atoms. The van der Waals surface area contributed by atoms with Crippen LogP contribution in [0.3, 0.4) is 0 Å². The minimum atomic E-state index is -0.433. The Morgan fingerprint density at radius 1 is 0.944 bits per heavy atom. The van der Waals surface area contributed by atoms with Gasteiger partial charge in [-0.3, -0.25) is 14.7 Å². The predicted octanol–water partition coefficient (Wildman–Crippen LogP) is 4.36. The second-order valence-corrected chi connectivity index (χ2v) is 9.08. The minimum Gasteiger partial charge on any atom is -0.507 e. The summed E-state index contributed by atoms with van der Waals surface area (Å²) in [5.74, 6) is -0.251. The molecule has 7 heteroatoms. The van der Waals surface area contributed by atoms with Crippen LogP contribution in [0.25, 0.3) is 0 Å². The van der Waals surface area contributed by atoms with Crippen molar-refractivity contribution in [1.82, 2.24) is 14.5 Å². The number of hydrogen-bond acceptors (Lipinski definition) is 5. The molecule has 0 amide bonds. The van der Waals surface area contributed by atoms with Gasteiger partial charge >= 0.3 is 0 Å². The van der Waals surface area contributed by atoms with Crippen LogP contribution in [0.5, 0.6) is 5.75 Å². The van der Waals surface area contributed by atoms with Crippen LogP contribution in [0.2, 0.25) is 0 Å². The topological polar surface area (TPSA) is 61.6 Å². The van der Waals surface area contributed by atoms with E-state index in [2.05, 4.69) is 9.88 Å². The number of piperazine rings is 1. The summed E-state index contributed by atoms with van der Waals surface area (Å²) in [6.07, 6.45) is 1.71. The van der Waals surface area contributed by atoms with Crippen LogP contribution in [0.4, 0.5) is 10.1 Å². The van der Waals surface area contributed by atoms with Gasteiger partial charge in [0, 0.05) is 38.1 Å². The second kappa shape index (κ2) is 10.3. The highest BCUT2D eigenvalue weighted by molar-refractivity contribution is 5.48. The average Bonchev–Trinajstić information content (AvgIpc) is 2.90. The van der Waals surface area contributed by atoms with Gasteiger partial charge in [-0.1, -0.05) is 48.5 Å². The van der Waals surface area contributed by atoms with Gasteiger partial charge in [0.25, 0.3) is 5.56 Å². The normalized spacial score (nSPS) is 15.1. The number of aryl methyl sites for hydroxylation is 1. The highest BCUT2D eigenvalue weighted by Crippen LogP contribution is 2.34. The van der Waals surface area contributed by atoms with E-state index in [0.29, 0.717) is 49.7 Å². The van der Waals surface area contributed by atoms with Gasteiger partial charge in [0.2, 0.25) is 0 Å². The molecule has 0 saturated carbocycles. The van der Waals surface area contributed by atoms with Gasteiger partial charge < -0.3 is 14.6 Å². The molecule has 1 aliphatic rings. The van der Waals surface area contributed by atoms with Gasteiger partial charge in [0.05, 0.1) is 29.5 Å². The molecule has 0 aliphatic carbocycles. The van der Waals surface area contributed by atoms with E-state index in [1.807, 2.05) is 66.4 Å². The van der Waals surface area contributed by atoms with Crippen molar-refractivity contribution in [3.63, 3.8) is 0 Å². The summed E-state index contributed by atoms with van der Waals surface area (Å²) >= 11 is 0. The van der Waals surface area contributed by atoms with E-state index in [1.54, 1.807) is 29.0 Å². The molecule has 1 aliphatic heterocycles. The lowest BCUT2D eigenvalue weighted by Crippen LogP contribution is -2.49. The third-order valence-corrected chi connectivity index (χ3v) is 6.83. The number of hydrogen-bond donors (Lipinski definition) is 1. The largest absolute Gasteiger partial charge is 0.507 e. The predicted molar refractivity (Wildman–Crippen MR) is 139 cm³/mol. The summed E-state index contributed by atoms with van der Waals surface area (Å²) in [7, 11) is 0. The molecule has 1 fully saturated rings. The Morgan fingerprint density at radius 3 is 2.33 bits per heavy atom. The Labute approximate surface area is 209 Å². The standard InChI is InChI=1S/C29H29FN4O2/c1-21-19-26(35)27(29(36)34(21)20-23-11-7-8-14-31-23)28(22-9-3-2-4-10-22)33-17-15-32(16-18-33)25-13-6-5-12-24(25)30/h2-14,19,28,35H,15-18,20H2,1H3/t28-/m0/s1. The van der Waals surface area contributed by atoms with Crippen molar-refractivity contribution in [3.05, 3.63) is 124 Å². The van der Waals surface area contributed by atoms with E-state index in [1.165, 1.54) is 6.07 Å². The molecule has 3 heterocycles. The average molecular weight is 485 g/mol. The first-order chi connectivity index (χ1) is 17.5. The Balaban J connectivity index is 1.52. The van der Waals surface area contributed by atoms with E-state index in [0.717, 1.165) is 11.3 Å². The summed E-state index contributed by atoms with van der Waals surface area (Å²) in [5.41, 5.74) is 3.07. The summed E-state index contributed by atoms with van der Waals surface area (Å²) in [4.78, 5) is 22.5. The van der Waals surface area contributed by atoms with Gasteiger partial charge in [-0.25, -0.2) is 4.39 Å². The summed E-state index contributed by atoms with van der Waals surface area (Å²) in [5, 5.41) is 11.1. The number of para-hydroxylation sites is 1. The second-order valence-electron chi connectivity index (χ2n) is 9.08. The van der Waals surface area contributed by atoms with Gasteiger partial charge in [0.15, 0.2) is 0 Å². The molecule has 2 aromatic heterocycles. The first kappa shape index (κ1) is 23.8. The highest BCUT2D eigenvalue weighted by Gasteiger charge is 2.32. The molecule has 0 radical (unpaired) electrons. The molecule has 6 nitrogen and oxygen atoms in total. The molecular weight excluding hydrogens is 455 g/mol. The quantitative estimate of drug-likeness (QED) is 0.441. The van der Waals surface area contributed by atoms with Crippen LogP contribution in [0.15, 0.2) is 89.9 Å². The Kier molecular flexibility index (Phi) is 6.82. The number of aromatic nitrogens is 2. The van der Waals surface area contributed by atoms with Crippen molar-refractivity contribution in [2.24, 2.45) is 0 Å². The van der Waals surface area contributed by atoms with Gasteiger partial charge in [-0.2, -0.15) is 0 Å². The zero-order valence-electron chi connectivity index (χ0n) is 20.2. The number of aromatic hydroxyl groups is 1. The zero-order chi connectivity index (χ0) is 25.1. The zero-order valence-corrected chi connectivity index (χ0v) is 20.2. The number of halogens is 1. The number of rotatable bonds is 6. The lowest BCUT2D eigenvalue weighted by molar-refractivity contribution is 0.207. The van der Waals surface area contributed by atoms with Crippen molar-refractivity contribution in [2.45, 2.75) is 19.5 Å². The van der Waals surface area contributed by atoms with Crippen molar-refractivity contribution in [3.8, 4) is 5.75 Å². The maximum absolute atomic E-state index is 14.4. The summed E-state index contributed by atoms with van der Waals surface area (Å²) in [6.45, 7) is 4.58. The van der Waals surface area contributed by atoms with E-state index in [-0.39, 0.29) is 17.1 Å². The van der Waals surface area contributed by atoms with Crippen molar-refractivity contribution in [1.29, 1.82) is 0 Å². The van der Waals surface area contributed by atoms with Crippen LogP contribution in [-0.2, 0) is 6.54 Å². The molecule has 0 bridgehead atoms. The fraction of sp³-hybridized carbons (Fsp3) is 0.241. The van der Waals surface area contributed by atoms with Crippen LogP contribution in [0, 0.1) is 12.7 Å². The van der Waals surface area contributed by atoms with Crippen molar-refractivity contribution in [2.75, 3.05) is 31.1 Å². The van der Waals surface area contributed by atoms with Crippen LogP contribution < -0.4 is 10.5 Å². The van der Waals surface area contributed by atoms with Crippen LogP contribution in [-0.4, -0.2) is 45.7 Å². The van der Waals surface area contributed by atoms with E-state index in [4.69, 9.17) is 0 Å². The SMILES string of the molecule is Cc1cc(O)c([C@H](c2ccccc2)N2CCN(c3ccccc3F)CC2)c(=O)n1Cc1ccccn1. The van der Waals surface area contributed by atoms with Gasteiger partial charge in [-0.05, 0) is 42.8 Å². The van der Waals surface area contributed by atoms with Gasteiger partial charge in [-0.15, -0.1) is 0 Å². The fourth-order valence-corrected chi connectivity index (χ4v) is 5.00. The first-order valence-corrected chi connectivity index (χ1v) is 12.1. The van der Waals surface area contributed by atoms with E-state index in [9.17, 15) is 14.3 Å². The molecule has 2 aromatic carbocycles. The molecule has 5 rings (SSSR count). The lowest BCUT2D eigenvalue weighted by Gasteiger charge is -2.40. The fourth-order valence-electron chi connectivity index (χ4n) is 5.00. The molecule has 1 saturated heterocycles. The monoisotopic (exact) mass is 484 g/mol. The lowest BCUT2D eigenvalue weighted by atomic mass is 9.96. The van der Waals surface area contributed by atoms with E-state index >= 15 is 0 Å². The summed E-state index contributed by atoms with van der Waals surface area (Å²) in [6, 6.07) is 23.4. The Morgan fingerprint density at radius 2 is 1.64 bits per heavy atom. The number of anilines is 1. The maximum atomic E-state index is 14.4. The van der Waals surface area contributed by atoms with E-state index < -0.39 is 6.04 Å². The minimum absolute atomic E-state index is 0.0137. The van der Waals surface area contributed by atoms with Crippen LogP contribution in [0.1, 0.15) is 28.6 Å². The van der Waals surface area contributed by atoms with Crippen LogP contribution >= 0.6 is 0 Å². The maximum Gasteiger partial charge on any atom is 0.260 e. The third-order valence-electron chi connectivity index (χ3n) is 6.83. The Hall–Kier alpha value is -3.97. The molecule has 0 unspecified atom stereocenters. The molecule has 4 aromatic rings. The number of nitrogens with zero attached hydrogens (tertiary/aromatic N) is 4. The van der Waals surface area contributed by atoms with Gasteiger partial charge in [0.1, 0.15) is 11.6 Å². The number of pyridine rings is 2. The van der Waals surface area contributed by atoms with Crippen molar-refractivity contribution < 1.29 is 9.50 Å². The molecule has 0 spiro atoms. The summed E-state index contributed by atoms with van der Waals surface area (Å²) < 4.78 is 16.1. The molecular formula is C29H29FN4O2. The number of benzene rings is 2. The molecule has 184 valence electrons.